The highest BCUT2D eigenvalue weighted by molar-refractivity contribution is 14.0. The molecule has 0 spiro atoms. The number of guanidine groups is 1. The Kier molecular flexibility index (Phi) is 9.13. The first-order chi connectivity index (χ1) is 15.7. The molecule has 2 N–H and O–H groups in total. The van der Waals surface area contributed by atoms with Crippen molar-refractivity contribution in [2.24, 2.45) is 4.99 Å². The molecule has 8 heteroatoms. The maximum Gasteiger partial charge on any atom is 0.226 e. The van der Waals surface area contributed by atoms with Gasteiger partial charge in [0.1, 0.15) is 12.0 Å². The molecule has 33 heavy (non-hydrogen) atoms. The van der Waals surface area contributed by atoms with Crippen LogP contribution in [0.3, 0.4) is 0 Å². The van der Waals surface area contributed by atoms with Crippen LogP contribution in [0.25, 0.3) is 11.5 Å². The maximum atomic E-state index is 5.65. The largest absolute Gasteiger partial charge is 0.497 e. The van der Waals surface area contributed by atoms with E-state index in [4.69, 9.17) is 13.9 Å². The van der Waals surface area contributed by atoms with Crippen molar-refractivity contribution in [2.75, 3.05) is 33.9 Å². The van der Waals surface area contributed by atoms with Gasteiger partial charge < -0.3 is 24.5 Å². The van der Waals surface area contributed by atoms with Crippen LogP contribution in [0.2, 0.25) is 0 Å². The average molecular weight is 562 g/mol. The lowest BCUT2D eigenvalue weighted by Gasteiger charge is -2.38. The highest BCUT2D eigenvalue weighted by Crippen LogP contribution is 2.35. The Labute approximate surface area is 212 Å². The summed E-state index contributed by atoms with van der Waals surface area (Å²) in [5.74, 6) is 2.21. The fourth-order valence-electron chi connectivity index (χ4n) is 4.02. The quantitative estimate of drug-likeness (QED) is 0.253. The zero-order valence-electron chi connectivity index (χ0n) is 19.0. The summed E-state index contributed by atoms with van der Waals surface area (Å²) < 4.78 is 16.6. The second-order valence-corrected chi connectivity index (χ2v) is 7.91. The molecule has 0 amide bonds. The fraction of sp³-hybridized carbons (Fsp3) is 0.360. The Bertz CT molecular complexity index is 1020. The van der Waals surface area contributed by atoms with Crippen molar-refractivity contribution < 1.29 is 13.9 Å². The summed E-state index contributed by atoms with van der Waals surface area (Å²) in [5.41, 5.74) is 3.05. The summed E-state index contributed by atoms with van der Waals surface area (Å²) in [7, 11) is 3.46. The van der Waals surface area contributed by atoms with Crippen molar-refractivity contribution in [2.45, 2.75) is 24.8 Å². The number of ether oxygens (including phenoxy) is 2. The first-order valence-corrected chi connectivity index (χ1v) is 10.9. The van der Waals surface area contributed by atoms with Gasteiger partial charge in [0.25, 0.3) is 0 Å². The number of oxazole rings is 1. The van der Waals surface area contributed by atoms with E-state index in [2.05, 4.69) is 32.7 Å². The fourth-order valence-corrected chi connectivity index (χ4v) is 4.02. The van der Waals surface area contributed by atoms with Gasteiger partial charge in [-0.15, -0.1) is 24.0 Å². The van der Waals surface area contributed by atoms with Gasteiger partial charge in [-0.3, -0.25) is 4.99 Å². The lowest BCUT2D eigenvalue weighted by molar-refractivity contribution is 0.0513. The Balaban J connectivity index is 0.00000306. The van der Waals surface area contributed by atoms with E-state index in [-0.39, 0.29) is 29.4 Å². The minimum absolute atomic E-state index is 0. The van der Waals surface area contributed by atoms with Crippen molar-refractivity contribution in [1.82, 2.24) is 15.6 Å². The van der Waals surface area contributed by atoms with Gasteiger partial charge in [0.05, 0.1) is 19.3 Å². The number of benzene rings is 2. The smallest absolute Gasteiger partial charge is 0.226 e. The Morgan fingerprint density at radius 1 is 1.06 bits per heavy atom. The standard InChI is InChI=1S/C25H30N4O3.HI/c1-26-24(27-16-21-17-32-23(29-21)19-6-4-3-5-7-19)28-18-25(12-14-31-15-13-25)20-8-10-22(30-2)11-9-20;/h3-11,17H,12-16,18H2,1-2H3,(H2,26,27,28);1H. The van der Waals surface area contributed by atoms with Crippen LogP contribution in [-0.4, -0.2) is 44.9 Å². The Morgan fingerprint density at radius 3 is 2.45 bits per heavy atom. The van der Waals surface area contributed by atoms with Crippen LogP contribution in [0.4, 0.5) is 0 Å². The van der Waals surface area contributed by atoms with Crippen molar-refractivity contribution in [3.63, 3.8) is 0 Å². The molecule has 4 rings (SSSR count). The lowest BCUT2D eigenvalue weighted by atomic mass is 9.74. The van der Waals surface area contributed by atoms with Crippen LogP contribution in [0.15, 0.2) is 70.3 Å². The van der Waals surface area contributed by atoms with Crippen LogP contribution in [0.5, 0.6) is 5.75 Å². The second-order valence-electron chi connectivity index (χ2n) is 7.91. The minimum Gasteiger partial charge on any atom is -0.497 e. The van der Waals surface area contributed by atoms with E-state index in [1.54, 1.807) is 20.4 Å². The summed E-state index contributed by atoms with van der Waals surface area (Å²) in [4.78, 5) is 8.96. The Hall–Kier alpha value is -2.59. The van der Waals surface area contributed by atoms with Gasteiger partial charge in [-0.25, -0.2) is 4.98 Å². The third-order valence-corrected chi connectivity index (χ3v) is 5.98. The molecule has 2 heterocycles. The van der Waals surface area contributed by atoms with Crippen LogP contribution < -0.4 is 15.4 Å². The number of nitrogens with zero attached hydrogens (tertiary/aromatic N) is 2. The molecule has 176 valence electrons. The molecule has 3 aromatic rings. The van der Waals surface area contributed by atoms with E-state index < -0.39 is 0 Å². The minimum atomic E-state index is -0.0174. The number of hydrogen-bond donors (Lipinski definition) is 2. The molecule has 0 aliphatic carbocycles. The van der Waals surface area contributed by atoms with E-state index in [1.165, 1.54) is 5.56 Å². The van der Waals surface area contributed by atoms with Gasteiger partial charge in [-0.2, -0.15) is 0 Å². The van der Waals surface area contributed by atoms with E-state index in [1.807, 2.05) is 42.5 Å². The molecule has 0 atom stereocenters. The molecule has 0 radical (unpaired) electrons. The number of aromatic nitrogens is 1. The maximum absolute atomic E-state index is 5.65. The topological polar surface area (TPSA) is 80.9 Å². The van der Waals surface area contributed by atoms with Gasteiger partial charge in [0.2, 0.25) is 5.89 Å². The molecular formula is C25H31IN4O3. The number of methoxy groups -OCH3 is 1. The third-order valence-electron chi connectivity index (χ3n) is 5.98. The SMILES string of the molecule is CN=C(NCc1coc(-c2ccccc2)n1)NCC1(c2ccc(OC)cc2)CCOCC1.I. The summed E-state index contributed by atoms with van der Waals surface area (Å²) in [5, 5.41) is 6.85. The first-order valence-electron chi connectivity index (χ1n) is 10.9. The third kappa shape index (κ3) is 6.26. The predicted octanol–water partition coefficient (Wildman–Crippen LogP) is 4.38. The van der Waals surface area contributed by atoms with Crippen LogP contribution in [0, 0.1) is 0 Å². The van der Waals surface area contributed by atoms with Crippen molar-refractivity contribution >= 4 is 29.9 Å². The summed E-state index contributed by atoms with van der Waals surface area (Å²) in [6.45, 7) is 2.78. The summed E-state index contributed by atoms with van der Waals surface area (Å²) in [6.07, 6.45) is 3.58. The molecule has 1 aromatic heterocycles. The highest BCUT2D eigenvalue weighted by atomic mass is 127. The molecule has 0 bridgehead atoms. The molecule has 1 fully saturated rings. The number of hydrogen-bond acceptors (Lipinski definition) is 5. The summed E-state index contributed by atoms with van der Waals surface area (Å²) >= 11 is 0. The van der Waals surface area contributed by atoms with Crippen molar-refractivity contribution in [1.29, 1.82) is 0 Å². The monoisotopic (exact) mass is 562 g/mol. The van der Waals surface area contributed by atoms with Crippen LogP contribution >= 0.6 is 24.0 Å². The highest BCUT2D eigenvalue weighted by Gasteiger charge is 2.34. The lowest BCUT2D eigenvalue weighted by Crippen LogP contribution is -2.47. The zero-order chi connectivity index (χ0) is 22.2. The van der Waals surface area contributed by atoms with Gasteiger partial charge in [0.15, 0.2) is 5.96 Å². The Morgan fingerprint density at radius 2 is 1.79 bits per heavy atom. The molecule has 2 aromatic carbocycles. The zero-order valence-corrected chi connectivity index (χ0v) is 21.4. The van der Waals surface area contributed by atoms with E-state index in [9.17, 15) is 0 Å². The summed E-state index contributed by atoms with van der Waals surface area (Å²) in [6, 6.07) is 18.2. The number of halogens is 1. The van der Waals surface area contributed by atoms with Gasteiger partial charge in [-0.05, 0) is 42.7 Å². The van der Waals surface area contributed by atoms with Gasteiger partial charge in [0, 0.05) is 37.8 Å². The number of nitrogens with one attached hydrogen (secondary N) is 2. The molecule has 1 aliphatic heterocycles. The molecule has 7 nitrogen and oxygen atoms in total. The second kappa shape index (κ2) is 12.0. The van der Waals surface area contributed by atoms with Crippen molar-refractivity contribution in [3.8, 4) is 17.2 Å². The molecular weight excluding hydrogens is 531 g/mol. The van der Waals surface area contributed by atoms with E-state index >= 15 is 0 Å². The predicted molar refractivity (Wildman–Crippen MR) is 140 cm³/mol. The first kappa shape index (κ1) is 25.0. The van der Waals surface area contributed by atoms with Gasteiger partial charge in [-0.1, -0.05) is 30.3 Å². The number of aliphatic imine (C=N–C) groups is 1. The van der Waals surface area contributed by atoms with Crippen molar-refractivity contribution in [3.05, 3.63) is 72.1 Å². The molecule has 1 saturated heterocycles. The normalized spacial score (nSPS) is 15.4. The van der Waals surface area contributed by atoms with Gasteiger partial charge >= 0.3 is 0 Å². The van der Waals surface area contributed by atoms with Crippen LogP contribution in [0.1, 0.15) is 24.1 Å². The van der Waals surface area contributed by atoms with E-state index in [0.29, 0.717) is 12.4 Å². The molecule has 1 aliphatic rings. The molecule has 0 saturated carbocycles. The molecule has 0 unspecified atom stereocenters. The van der Waals surface area contributed by atoms with Crippen LogP contribution in [-0.2, 0) is 16.7 Å². The van der Waals surface area contributed by atoms with E-state index in [0.717, 1.165) is 55.6 Å². The average Bonchev–Trinajstić information content (AvgIpc) is 3.34. The number of rotatable bonds is 7.